The minimum Gasteiger partial charge on any atom is -0.491 e. The Labute approximate surface area is 118 Å². The summed E-state index contributed by atoms with van der Waals surface area (Å²) in [5.74, 6) is 0.760. The number of benzene rings is 1. The van der Waals surface area contributed by atoms with E-state index in [1.165, 1.54) is 0 Å². The fourth-order valence-corrected chi connectivity index (χ4v) is 1.65. The molecule has 0 aliphatic rings. The molecule has 2 N–H and O–H groups in total. The molecule has 0 saturated heterocycles. The standard InChI is InChI=1S/C15H19N3O2/c1-12-7-18-13(9-17-12)8-16-10-14(19)11-20-15-5-3-2-4-6-15/h2-7,9,14,16,19H,8,10-11H2,1H3. The highest BCUT2D eigenvalue weighted by Gasteiger charge is 2.05. The lowest BCUT2D eigenvalue weighted by Crippen LogP contribution is -2.31. The van der Waals surface area contributed by atoms with Crippen LogP contribution >= 0.6 is 0 Å². The predicted molar refractivity (Wildman–Crippen MR) is 76.4 cm³/mol. The van der Waals surface area contributed by atoms with Gasteiger partial charge >= 0.3 is 0 Å². The van der Waals surface area contributed by atoms with E-state index in [4.69, 9.17) is 4.74 Å². The molecule has 0 spiro atoms. The summed E-state index contributed by atoms with van der Waals surface area (Å²) in [5, 5.41) is 12.9. The lowest BCUT2D eigenvalue weighted by Gasteiger charge is -2.13. The number of rotatable bonds is 7. The van der Waals surface area contributed by atoms with E-state index in [0.29, 0.717) is 13.1 Å². The number of nitrogens with zero attached hydrogens (tertiary/aromatic N) is 2. The summed E-state index contributed by atoms with van der Waals surface area (Å²) in [6.45, 7) is 3.18. The number of aliphatic hydroxyl groups is 1. The number of nitrogens with one attached hydrogen (secondary N) is 1. The first-order valence-electron chi connectivity index (χ1n) is 6.58. The van der Waals surface area contributed by atoms with Gasteiger partial charge in [0.15, 0.2) is 0 Å². The van der Waals surface area contributed by atoms with Crippen molar-refractivity contribution in [2.24, 2.45) is 0 Å². The highest BCUT2D eigenvalue weighted by Crippen LogP contribution is 2.08. The van der Waals surface area contributed by atoms with Crippen LogP contribution in [0.3, 0.4) is 0 Å². The minimum atomic E-state index is -0.561. The number of aliphatic hydroxyl groups excluding tert-OH is 1. The summed E-state index contributed by atoms with van der Waals surface area (Å²) >= 11 is 0. The van der Waals surface area contributed by atoms with Crippen molar-refractivity contribution < 1.29 is 9.84 Å². The second-order valence-corrected chi connectivity index (χ2v) is 4.56. The molecule has 1 aromatic heterocycles. The number of hydrogen-bond acceptors (Lipinski definition) is 5. The Balaban J connectivity index is 1.65. The third-order valence-electron chi connectivity index (χ3n) is 2.71. The van der Waals surface area contributed by atoms with E-state index in [2.05, 4.69) is 15.3 Å². The van der Waals surface area contributed by atoms with Crippen molar-refractivity contribution in [1.82, 2.24) is 15.3 Å². The normalized spacial score (nSPS) is 12.1. The molecule has 0 bridgehead atoms. The smallest absolute Gasteiger partial charge is 0.119 e. The first-order valence-corrected chi connectivity index (χ1v) is 6.58. The fourth-order valence-electron chi connectivity index (χ4n) is 1.65. The van der Waals surface area contributed by atoms with Crippen LogP contribution in [0.2, 0.25) is 0 Å². The van der Waals surface area contributed by atoms with Gasteiger partial charge in [-0.2, -0.15) is 0 Å². The molecule has 0 fully saturated rings. The Bertz CT molecular complexity index is 502. The average molecular weight is 273 g/mol. The van der Waals surface area contributed by atoms with Crippen LogP contribution in [0.5, 0.6) is 5.75 Å². The number of hydrogen-bond donors (Lipinski definition) is 2. The second-order valence-electron chi connectivity index (χ2n) is 4.56. The summed E-state index contributed by atoms with van der Waals surface area (Å²) < 4.78 is 5.47. The van der Waals surface area contributed by atoms with E-state index in [9.17, 15) is 5.11 Å². The van der Waals surface area contributed by atoms with E-state index in [-0.39, 0.29) is 6.61 Å². The van der Waals surface area contributed by atoms with Gasteiger partial charge in [0.25, 0.3) is 0 Å². The van der Waals surface area contributed by atoms with Crippen molar-refractivity contribution in [1.29, 1.82) is 0 Å². The Morgan fingerprint density at radius 3 is 2.70 bits per heavy atom. The Morgan fingerprint density at radius 2 is 2.00 bits per heavy atom. The summed E-state index contributed by atoms with van der Waals surface area (Å²) in [6.07, 6.45) is 2.90. The molecular formula is C15H19N3O2. The molecule has 5 nitrogen and oxygen atoms in total. The van der Waals surface area contributed by atoms with Crippen LogP contribution in [-0.2, 0) is 6.54 Å². The average Bonchev–Trinajstić information content (AvgIpc) is 2.48. The zero-order valence-electron chi connectivity index (χ0n) is 11.5. The number of aromatic nitrogens is 2. The van der Waals surface area contributed by atoms with E-state index < -0.39 is 6.10 Å². The van der Waals surface area contributed by atoms with Gasteiger partial charge in [-0.3, -0.25) is 9.97 Å². The van der Waals surface area contributed by atoms with E-state index >= 15 is 0 Å². The largest absolute Gasteiger partial charge is 0.491 e. The van der Waals surface area contributed by atoms with Crippen molar-refractivity contribution >= 4 is 0 Å². The molecule has 1 aromatic carbocycles. The van der Waals surface area contributed by atoms with Gasteiger partial charge in [0.1, 0.15) is 18.5 Å². The van der Waals surface area contributed by atoms with Gasteiger partial charge < -0.3 is 15.2 Å². The van der Waals surface area contributed by atoms with Gasteiger partial charge in [-0.1, -0.05) is 18.2 Å². The van der Waals surface area contributed by atoms with Gasteiger partial charge in [-0.25, -0.2) is 0 Å². The topological polar surface area (TPSA) is 67.3 Å². The van der Waals surface area contributed by atoms with Crippen LogP contribution < -0.4 is 10.1 Å². The van der Waals surface area contributed by atoms with Crippen LogP contribution in [0.15, 0.2) is 42.7 Å². The van der Waals surface area contributed by atoms with Gasteiger partial charge in [0, 0.05) is 25.5 Å². The maximum atomic E-state index is 9.81. The van der Waals surface area contributed by atoms with Crippen LogP contribution in [0.4, 0.5) is 0 Å². The maximum absolute atomic E-state index is 9.81. The highest BCUT2D eigenvalue weighted by atomic mass is 16.5. The lowest BCUT2D eigenvalue weighted by molar-refractivity contribution is 0.106. The van der Waals surface area contributed by atoms with Crippen LogP contribution in [0, 0.1) is 6.92 Å². The number of para-hydroxylation sites is 1. The summed E-state index contributed by atoms with van der Waals surface area (Å²) in [5.41, 5.74) is 1.75. The van der Waals surface area contributed by atoms with Gasteiger partial charge in [-0.05, 0) is 19.1 Å². The molecule has 1 heterocycles. The van der Waals surface area contributed by atoms with Crippen molar-refractivity contribution in [3.05, 3.63) is 54.1 Å². The molecule has 5 heteroatoms. The molecule has 0 amide bonds. The first-order chi connectivity index (χ1) is 9.74. The minimum absolute atomic E-state index is 0.261. The van der Waals surface area contributed by atoms with E-state index in [1.807, 2.05) is 37.3 Å². The molecule has 20 heavy (non-hydrogen) atoms. The fraction of sp³-hybridized carbons (Fsp3) is 0.333. The van der Waals surface area contributed by atoms with Gasteiger partial charge in [0.2, 0.25) is 0 Å². The van der Waals surface area contributed by atoms with E-state index in [1.54, 1.807) is 12.4 Å². The lowest BCUT2D eigenvalue weighted by atomic mass is 10.3. The maximum Gasteiger partial charge on any atom is 0.119 e. The molecule has 2 rings (SSSR count). The van der Waals surface area contributed by atoms with Crippen LogP contribution in [-0.4, -0.2) is 34.3 Å². The quantitative estimate of drug-likeness (QED) is 0.796. The Kier molecular flexibility index (Phi) is 5.46. The molecule has 0 saturated carbocycles. The molecule has 106 valence electrons. The summed E-state index contributed by atoms with van der Waals surface area (Å²) in [7, 11) is 0. The molecule has 1 unspecified atom stereocenters. The third-order valence-corrected chi connectivity index (χ3v) is 2.71. The van der Waals surface area contributed by atoms with Gasteiger partial charge in [0.05, 0.1) is 11.4 Å². The third kappa shape index (κ3) is 4.95. The molecule has 0 aliphatic carbocycles. The van der Waals surface area contributed by atoms with Crippen molar-refractivity contribution in [3.8, 4) is 5.75 Å². The molecular weight excluding hydrogens is 254 g/mol. The summed E-state index contributed by atoms with van der Waals surface area (Å²) in [6, 6.07) is 9.45. The Hall–Kier alpha value is -1.98. The van der Waals surface area contributed by atoms with E-state index in [0.717, 1.165) is 17.1 Å². The van der Waals surface area contributed by atoms with Crippen molar-refractivity contribution in [2.45, 2.75) is 19.6 Å². The van der Waals surface area contributed by atoms with Crippen molar-refractivity contribution in [3.63, 3.8) is 0 Å². The first kappa shape index (κ1) is 14.4. The Morgan fingerprint density at radius 1 is 1.20 bits per heavy atom. The molecule has 0 aliphatic heterocycles. The van der Waals surface area contributed by atoms with Crippen LogP contribution in [0.25, 0.3) is 0 Å². The SMILES string of the molecule is Cc1cnc(CNCC(O)COc2ccccc2)cn1. The highest BCUT2D eigenvalue weighted by molar-refractivity contribution is 5.20. The zero-order chi connectivity index (χ0) is 14.2. The second kappa shape index (κ2) is 7.57. The van der Waals surface area contributed by atoms with Crippen LogP contribution in [0.1, 0.15) is 11.4 Å². The van der Waals surface area contributed by atoms with Gasteiger partial charge in [-0.15, -0.1) is 0 Å². The molecule has 0 radical (unpaired) electrons. The predicted octanol–water partition coefficient (Wildman–Crippen LogP) is 1.31. The molecule has 2 aromatic rings. The zero-order valence-corrected chi connectivity index (χ0v) is 11.5. The molecule has 1 atom stereocenters. The monoisotopic (exact) mass is 273 g/mol. The number of aryl methyl sites for hydroxylation is 1. The number of ether oxygens (including phenoxy) is 1. The summed E-state index contributed by atoms with van der Waals surface area (Å²) in [4.78, 5) is 8.39. The van der Waals surface area contributed by atoms with Crippen molar-refractivity contribution in [2.75, 3.05) is 13.2 Å².